The molecule has 1 aromatic heterocycles. The van der Waals surface area contributed by atoms with Gasteiger partial charge in [0.1, 0.15) is 6.26 Å². The molecule has 1 saturated heterocycles. The SMILES string of the molecule is O=C(c1ccoc1)C1CCCS1. The fourth-order valence-electron chi connectivity index (χ4n) is 1.37. The molecule has 0 bridgehead atoms. The lowest BCUT2D eigenvalue weighted by molar-refractivity contribution is 0.0988. The number of carbonyl (C=O) groups excluding carboxylic acids is 1. The van der Waals surface area contributed by atoms with Gasteiger partial charge in [-0.3, -0.25) is 4.79 Å². The number of ketones is 1. The molecule has 12 heavy (non-hydrogen) atoms. The second kappa shape index (κ2) is 3.35. The van der Waals surface area contributed by atoms with E-state index in [4.69, 9.17) is 4.42 Å². The topological polar surface area (TPSA) is 30.2 Å². The van der Waals surface area contributed by atoms with E-state index in [9.17, 15) is 4.79 Å². The van der Waals surface area contributed by atoms with Gasteiger partial charge in [0.25, 0.3) is 0 Å². The fourth-order valence-corrected chi connectivity index (χ4v) is 2.61. The van der Waals surface area contributed by atoms with Crippen molar-refractivity contribution >= 4 is 17.5 Å². The Labute approximate surface area is 75.3 Å². The number of carbonyl (C=O) groups is 1. The molecule has 2 heterocycles. The molecule has 64 valence electrons. The molecule has 0 amide bonds. The molecule has 2 rings (SSSR count). The maximum atomic E-state index is 11.6. The first kappa shape index (κ1) is 7.92. The first-order valence-electron chi connectivity index (χ1n) is 4.06. The first-order valence-corrected chi connectivity index (χ1v) is 5.11. The van der Waals surface area contributed by atoms with E-state index in [-0.39, 0.29) is 11.0 Å². The number of furan rings is 1. The van der Waals surface area contributed by atoms with Crippen LogP contribution in [-0.2, 0) is 0 Å². The van der Waals surface area contributed by atoms with Crippen molar-refractivity contribution < 1.29 is 9.21 Å². The molecular weight excluding hydrogens is 172 g/mol. The van der Waals surface area contributed by atoms with Crippen molar-refractivity contribution in [1.29, 1.82) is 0 Å². The van der Waals surface area contributed by atoms with Crippen molar-refractivity contribution in [3.8, 4) is 0 Å². The van der Waals surface area contributed by atoms with Crippen LogP contribution in [0.2, 0.25) is 0 Å². The number of Topliss-reactive ketones (excluding diaryl/α,β-unsaturated/α-hetero) is 1. The molecule has 2 nitrogen and oxygen atoms in total. The molecular formula is C9H10O2S. The highest BCUT2D eigenvalue weighted by Gasteiger charge is 2.24. The van der Waals surface area contributed by atoms with Crippen LogP contribution in [-0.4, -0.2) is 16.8 Å². The highest BCUT2D eigenvalue weighted by atomic mass is 32.2. The summed E-state index contributed by atoms with van der Waals surface area (Å²) in [5.74, 6) is 1.35. The monoisotopic (exact) mass is 182 g/mol. The van der Waals surface area contributed by atoms with E-state index >= 15 is 0 Å². The molecule has 0 spiro atoms. The lowest BCUT2D eigenvalue weighted by Crippen LogP contribution is -2.12. The van der Waals surface area contributed by atoms with E-state index in [2.05, 4.69) is 0 Å². The lowest BCUT2D eigenvalue weighted by Gasteiger charge is -2.03. The number of hydrogen-bond acceptors (Lipinski definition) is 3. The largest absolute Gasteiger partial charge is 0.472 e. The Hall–Kier alpha value is -0.700. The molecule has 0 saturated carbocycles. The molecule has 1 aliphatic heterocycles. The summed E-state index contributed by atoms with van der Waals surface area (Å²) in [6, 6.07) is 1.74. The van der Waals surface area contributed by atoms with E-state index in [0.717, 1.165) is 17.7 Å². The van der Waals surface area contributed by atoms with Crippen molar-refractivity contribution in [2.75, 3.05) is 5.75 Å². The van der Waals surface area contributed by atoms with E-state index in [1.54, 1.807) is 24.1 Å². The van der Waals surface area contributed by atoms with Gasteiger partial charge in [0, 0.05) is 0 Å². The van der Waals surface area contributed by atoms with Gasteiger partial charge in [0.2, 0.25) is 0 Å². The summed E-state index contributed by atoms with van der Waals surface area (Å²) in [5.41, 5.74) is 0.717. The Morgan fingerprint density at radius 2 is 2.58 bits per heavy atom. The van der Waals surface area contributed by atoms with Crippen molar-refractivity contribution in [2.45, 2.75) is 18.1 Å². The number of rotatable bonds is 2. The van der Waals surface area contributed by atoms with Crippen LogP contribution in [0.25, 0.3) is 0 Å². The summed E-state index contributed by atoms with van der Waals surface area (Å²) >= 11 is 1.76. The summed E-state index contributed by atoms with van der Waals surface area (Å²) in [7, 11) is 0. The Balaban J connectivity index is 2.09. The number of hydrogen-bond donors (Lipinski definition) is 0. The van der Waals surface area contributed by atoms with Crippen molar-refractivity contribution in [3.63, 3.8) is 0 Å². The standard InChI is InChI=1S/C9H10O2S/c10-9(7-3-4-11-6-7)8-2-1-5-12-8/h3-4,6,8H,1-2,5H2. The van der Waals surface area contributed by atoms with Crippen molar-refractivity contribution in [1.82, 2.24) is 0 Å². The molecule has 1 atom stereocenters. The third-order valence-electron chi connectivity index (χ3n) is 2.03. The maximum absolute atomic E-state index is 11.6. The van der Waals surface area contributed by atoms with Gasteiger partial charge in [-0.2, -0.15) is 11.8 Å². The van der Waals surface area contributed by atoms with Crippen LogP contribution in [0.3, 0.4) is 0 Å². The van der Waals surface area contributed by atoms with E-state index in [0.29, 0.717) is 0 Å². The Morgan fingerprint density at radius 3 is 3.17 bits per heavy atom. The van der Waals surface area contributed by atoms with Crippen molar-refractivity contribution in [2.24, 2.45) is 0 Å². The molecule has 0 aromatic carbocycles. The Morgan fingerprint density at radius 1 is 1.67 bits per heavy atom. The molecule has 1 fully saturated rings. The molecule has 3 heteroatoms. The van der Waals surface area contributed by atoms with Gasteiger partial charge in [-0.15, -0.1) is 0 Å². The van der Waals surface area contributed by atoms with Gasteiger partial charge in [0.05, 0.1) is 17.1 Å². The first-order chi connectivity index (χ1) is 5.88. The zero-order valence-corrected chi connectivity index (χ0v) is 7.47. The smallest absolute Gasteiger partial charge is 0.179 e. The van der Waals surface area contributed by atoms with Crippen LogP contribution in [0, 0.1) is 0 Å². The Kier molecular flexibility index (Phi) is 2.21. The molecule has 0 N–H and O–H groups in total. The van der Waals surface area contributed by atoms with E-state index in [1.165, 1.54) is 12.7 Å². The maximum Gasteiger partial charge on any atom is 0.179 e. The quantitative estimate of drug-likeness (QED) is 0.658. The van der Waals surface area contributed by atoms with E-state index in [1.807, 2.05) is 0 Å². The highest BCUT2D eigenvalue weighted by molar-refractivity contribution is 8.00. The van der Waals surface area contributed by atoms with Gasteiger partial charge in [-0.05, 0) is 24.7 Å². The van der Waals surface area contributed by atoms with Gasteiger partial charge in [0.15, 0.2) is 5.78 Å². The van der Waals surface area contributed by atoms with Crippen LogP contribution in [0.15, 0.2) is 23.0 Å². The lowest BCUT2D eigenvalue weighted by atomic mass is 10.1. The minimum absolute atomic E-state index is 0.183. The molecule has 0 radical (unpaired) electrons. The van der Waals surface area contributed by atoms with E-state index < -0.39 is 0 Å². The van der Waals surface area contributed by atoms with Crippen LogP contribution >= 0.6 is 11.8 Å². The van der Waals surface area contributed by atoms with Crippen LogP contribution in [0.4, 0.5) is 0 Å². The minimum Gasteiger partial charge on any atom is -0.472 e. The predicted octanol–water partition coefficient (Wildman–Crippen LogP) is 2.36. The molecule has 0 aliphatic carbocycles. The zero-order valence-electron chi connectivity index (χ0n) is 6.66. The van der Waals surface area contributed by atoms with Crippen molar-refractivity contribution in [3.05, 3.63) is 24.2 Å². The fraction of sp³-hybridized carbons (Fsp3) is 0.444. The highest BCUT2D eigenvalue weighted by Crippen LogP contribution is 2.28. The number of thioether (sulfide) groups is 1. The minimum atomic E-state index is 0.183. The van der Waals surface area contributed by atoms with Crippen LogP contribution < -0.4 is 0 Å². The third kappa shape index (κ3) is 1.41. The molecule has 1 unspecified atom stereocenters. The zero-order chi connectivity index (χ0) is 8.39. The Bertz CT molecular complexity index is 260. The summed E-state index contributed by atoms with van der Waals surface area (Å²) in [5, 5.41) is 0.183. The summed E-state index contributed by atoms with van der Waals surface area (Å²) in [6.45, 7) is 0. The second-order valence-electron chi connectivity index (χ2n) is 2.88. The van der Waals surface area contributed by atoms with Gasteiger partial charge in [-0.25, -0.2) is 0 Å². The summed E-state index contributed by atoms with van der Waals surface area (Å²) < 4.78 is 4.87. The summed E-state index contributed by atoms with van der Waals surface area (Å²) in [4.78, 5) is 11.6. The normalized spacial score (nSPS) is 22.8. The van der Waals surface area contributed by atoms with Gasteiger partial charge in [-0.1, -0.05) is 0 Å². The second-order valence-corrected chi connectivity index (χ2v) is 4.19. The average molecular weight is 182 g/mol. The van der Waals surface area contributed by atoms with Crippen LogP contribution in [0.5, 0.6) is 0 Å². The third-order valence-corrected chi connectivity index (χ3v) is 3.40. The summed E-state index contributed by atoms with van der Waals surface area (Å²) in [6.07, 6.45) is 5.27. The molecule has 1 aliphatic rings. The van der Waals surface area contributed by atoms with Gasteiger partial charge < -0.3 is 4.42 Å². The average Bonchev–Trinajstić information content (AvgIpc) is 2.77. The van der Waals surface area contributed by atoms with Crippen LogP contribution in [0.1, 0.15) is 23.2 Å². The van der Waals surface area contributed by atoms with Gasteiger partial charge >= 0.3 is 0 Å². The molecule has 1 aromatic rings. The predicted molar refractivity (Wildman–Crippen MR) is 48.5 cm³/mol.